The van der Waals surface area contributed by atoms with Crippen molar-refractivity contribution in [3.05, 3.63) is 35.4 Å². The number of halogens is 3. The summed E-state index contributed by atoms with van der Waals surface area (Å²) in [5, 5.41) is 3.30. The minimum atomic E-state index is -4.32. The van der Waals surface area contributed by atoms with Gasteiger partial charge in [-0.15, -0.1) is 0 Å². The number of nitrogens with one attached hydrogen (secondary N) is 1. The van der Waals surface area contributed by atoms with Gasteiger partial charge in [-0.25, -0.2) is 0 Å². The molecule has 1 fully saturated rings. The van der Waals surface area contributed by atoms with E-state index >= 15 is 0 Å². The molecule has 0 spiro atoms. The van der Waals surface area contributed by atoms with Gasteiger partial charge in [-0.05, 0) is 24.5 Å². The first-order valence-electron chi connectivity index (χ1n) is 6.62. The Hall–Kier alpha value is -1.07. The molecule has 0 bridgehead atoms. The smallest absolute Gasteiger partial charge is 0.330 e. The average molecular weight is 272 g/mol. The van der Waals surface area contributed by atoms with E-state index < -0.39 is 11.7 Å². The third-order valence-electron chi connectivity index (χ3n) is 3.75. The van der Waals surface area contributed by atoms with Gasteiger partial charge in [0.25, 0.3) is 0 Å². The molecule has 1 saturated carbocycles. The number of benzene rings is 1. The Morgan fingerprint density at radius 3 is 2.47 bits per heavy atom. The van der Waals surface area contributed by atoms with Crippen LogP contribution in [0, 0.1) is 0 Å². The zero-order valence-electron chi connectivity index (χ0n) is 10.7. The monoisotopic (exact) mass is 272 g/mol. The van der Waals surface area contributed by atoms with E-state index in [1.54, 1.807) is 6.07 Å². The first kappa shape index (κ1) is 14.3. The quantitative estimate of drug-likeness (QED) is 0.865. The molecule has 1 aromatic carbocycles. The highest BCUT2D eigenvalue weighted by Crippen LogP contribution is 2.35. The van der Waals surface area contributed by atoms with Crippen LogP contribution in [0.3, 0.4) is 0 Å². The Bertz CT molecular complexity index is 413. The lowest BCUT2D eigenvalue weighted by Crippen LogP contribution is -2.39. The van der Waals surface area contributed by atoms with Crippen LogP contribution in [0.1, 0.15) is 36.3 Å². The van der Waals surface area contributed by atoms with Crippen LogP contribution in [0.25, 0.3) is 0 Å². The summed E-state index contributed by atoms with van der Waals surface area (Å²) >= 11 is 0. The van der Waals surface area contributed by atoms with Gasteiger partial charge >= 0.3 is 6.18 Å². The zero-order chi connectivity index (χ0) is 13.9. The van der Waals surface area contributed by atoms with E-state index in [-0.39, 0.29) is 12.5 Å². The molecule has 1 aromatic rings. The highest BCUT2D eigenvalue weighted by atomic mass is 19.4. The molecule has 0 saturated heterocycles. The third-order valence-corrected chi connectivity index (χ3v) is 3.75. The van der Waals surface area contributed by atoms with Crippen LogP contribution in [0.2, 0.25) is 0 Å². The summed E-state index contributed by atoms with van der Waals surface area (Å²) < 4.78 is 38.9. The number of hydrogen-bond donors (Lipinski definition) is 2. The molecule has 1 aliphatic carbocycles. The summed E-state index contributed by atoms with van der Waals surface area (Å²) in [7, 11) is 0. The topological polar surface area (TPSA) is 38.0 Å². The second-order valence-corrected chi connectivity index (χ2v) is 5.05. The Kier molecular flexibility index (Phi) is 4.47. The van der Waals surface area contributed by atoms with Crippen molar-refractivity contribution in [2.45, 2.75) is 37.4 Å². The Labute approximate surface area is 111 Å². The maximum atomic E-state index is 13.0. The van der Waals surface area contributed by atoms with Crippen molar-refractivity contribution in [2.24, 2.45) is 5.73 Å². The van der Waals surface area contributed by atoms with Gasteiger partial charge in [0, 0.05) is 25.0 Å². The molecule has 1 atom stereocenters. The fourth-order valence-electron chi connectivity index (χ4n) is 2.35. The molecule has 2 rings (SSSR count). The van der Waals surface area contributed by atoms with E-state index in [0.717, 1.165) is 18.9 Å². The van der Waals surface area contributed by atoms with Gasteiger partial charge in [-0.1, -0.05) is 24.6 Å². The molecular weight excluding hydrogens is 253 g/mol. The predicted molar refractivity (Wildman–Crippen MR) is 68.9 cm³/mol. The van der Waals surface area contributed by atoms with Gasteiger partial charge in [0.05, 0.1) is 5.56 Å². The van der Waals surface area contributed by atoms with E-state index in [9.17, 15) is 13.2 Å². The maximum Gasteiger partial charge on any atom is 0.416 e. The summed E-state index contributed by atoms with van der Waals surface area (Å²) in [6, 6.07) is 6.16. The minimum Gasteiger partial charge on any atom is -0.330 e. The molecule has 106 valence electrons. The molecule has 0 radical (unpaired) electrons. The zero-order valence-corrected chi connectivity index (χ0v) is 10.7. The normalized spacial score (nSPS) is 18.1. The average Bonchev–Trinajstić information content (AvgIpc) is 2.31. The Morgan fingerprint density at radius 1 is 1.26 bits per heavy atom. The SMILES string of the molecule is NCC(CNC1CCC1)c1ccccc1C(F)(F)F. The van der Waals surface area contributed by atoms with Crippen molar-refractivity contribution < 1.29 is 13.2 Å². The number of rotatable bonds is 5. The molecule has 3 N–H and O–H groups in total. The highest BCUT2D eigenvalue weighted by molar-refractivity contribution is 5.33. The fraction of sp³-hybridized carbons (Fsp3) is 0.571. The highest BCUT2D eigenvalue weighted by Gasteiger charge is 2.34. The largest absolute Gasteiger partial charge is 0.416 e. The van der Waals surface area contributed by atoms with Crippen LogP contribution in [0.5, 0.6) is 0 Å². The van der Waals surface area contributed by atoms with Crippen molar-refractivity contribution in [3.8, 4) is 0 Å². The summed E-state index contributed by atoms with van der Waals surface area (Å²) in [5.41, 5.74) is 5.38. The lowest BCUT2D eigenvalue weighted by molar-refractivity contribution is -0.138. The van der Waals surface area contributed by atoms with Gasteiger partial charge in [0.1, 0.15) is 0 Å². The van der Waals surface area contributed by atoms with Crippen molar-refractivity contribution in [3.63, 3.8) is 0 Å². The van der Waals surface area contributed by atoms with Crippen LogP contribution in [0.15, 0.2) is 24.3 Å². The molecule has 1 aliphatic rings. The van der Waals surface area contributed by atoms with E-state index in [0.29, 0.717) is 18.2 Å². The van der Waals surface area contributed by atoms with Crippen LogP contribution in [-0.2, 0) is 6.18 Å². The minimum absolute atomic E-state index is 0.215. The lowest BCUT2D eigenvalue weighted by atomic mass is 9.90. The number of hydrogen-bond acceptors (Lipinski definition) is 2. The predicted octanol–water partition coefficient (Wildman–Crippen LogP) is 2.89. The molecule has 0 aliphatic heterocycles. The summed E-state index contributed by atoms with van der Waals surface area (Å²) in [5.74, 6) is -0.293. The third kappa shape index (κ3) is 3.48. The summed E-state index contributed by atoms with van der Waals surface area (Å²) in [4.78, 5) is 0. The fourth-order valence-corrected chi connectivity index (χ4v) is 2.35. The lowest BCUT2D eigenvalue weighted by Gasteiger charge is -2.29. The van der Waals surface area contributed by atoms with Crippen LogP contribution in [0.4, 0.5) is 13.2 Å². The molecular formula is C14H19F3N2. The van der Waals surface area contributed by atoms with E-state index in [4.69, 9.17) is 5.73 Å². The Balaban J connectivity index is 2.12. The van der Waals surface area contributed by atoms with Crippen molar-refractivity contribution >= 4 is 0 Å². The molecule has 0 aromatic heterocycles. The molecule has 0 amide bonds. The molecule has 2 nitrogen and oxygen atoms in total. The van der Waals surface area contributed by atoms with Crippen LogP contribution < -0.4 is 11.1 Å². The number of alkyl halides is 3. The summed E-state index contributed by atoms with van der Waals surface area (Å²) in [6.45, 7) is 0.723. The maximum absolute atomic E-state index is 13.0. The second kappa shape index (κ2) is 5.92. The van der Waals surface area contributed by atoms with Gasteiger partial charge in [0.2, 0.25) is 0 Å². The molecule has 19 heavy (non-hydrogen) atoms. The molecule has 5 heteroatoms. The van der Waals surface area contributed by atoms with Gasteiger partial charge in [-0.2, -0.15) is 13.2 Å². The number of nitrogens with two attached hydrogens (primary N) is 1. The molecule has 1 unspecified atom stereocenters. The van der Waals surface area contributed by atoms with Crippen molar-refractivity contribution in [1.82, 2.24) is 5.32 Å². The first-order chi connectivity index (χ1) is 9.02. The van der Waals surface area contributed by atoms with E-state index in [2.05, 4.69) is 5.32 Å². The second-order valence-electron chi connectivity index (χ2n) is 5.05. The van der Waals surface area contributed by atoms with Crippen molar-refractivity contribution in [2.75, 3.05) is 13.1 Å². The Morgan fingerprint density at radius 2 is 1.95 bits per heavy atom. The van der Waals surface area contributed by atoms with E-state index in [1.807, 2.05) is 0 Å². The first-order valence-corrected chi connectivity index (χ1v) is 6.62. The standard InChI is InChI=1S/C14H19F3N2/c15-14(16,17)13-7-2-1-6-12(13)10(8-18)9-19-11-4-3-5-11/h1-2,6-7,10-11,19H,3-5,8-9,18H2. The van der Waals surface area contributed by atoms with Gasteiger partial charge in [0.15, 0.2) is 0 Å². The van der Waals surface area contributed by atoms with Gasteiger partial charge < -0.3 is 11.1 Å². The van der Waals surface area contributed by atoms with Crippen molar-refractivity contribution in [1.29, 1.82) is 0 Å². The molecule has 0 heterocycles. The van der Waals surface area contributed by atoms with Crippen LogP contribution in [-0.4, -0.2) is 19.1 Å². The van der Waals surface area contributed by atoms with Crippen LogP contribution >= 0.6 is 0 Å². The van der Waals surface area contributed by atoms with Gasteiger partial charge in [-0.3, -0.25) is 0 Å². The summed E-state index contributed by atoms with van der Waals surface area (Å²) in [6.07, 6.45) is -0.902. The van der Waals surface area contributed by atoms with E-state index in [1.165, 1.54) is 18.6 Å².